The van der Waals surface area contributed by atoms with Crippen molar-refractivity contribution in [2.24, 2.45) is 0 Å². The van der Waals surface area contributed by atoms with Crippen molar-refractivity contribution in [3.8, 4) is 0 Å². The molecule has 1 amide bonds. The number of aromatic nitrogens is 2. The maximum Gasteiger partial charge on any atom is 0.255 e. The average molecular weight is 265 g/mol. The largest absolute Gasteiger partial charge is 0.322 e. The van der Waals surface area contributed by atoms with Crippen LogP contribution in [0.2, 0.25) is 0 Å². The molecule has 2 aromatic carbocycles. The number of carbonyl (C=O) groups excluding carboxylic acids is 1. The van der Waals surface area contributed by atoms with Gasteiger partial charge in [-0.1, -0.05) is 25.1 Å². The smallest absolute Gasteiger partial charge is 0.255 e. The summed E-state index contributed by atoms with van der Waals surface area (Å²) in [7, 11) is 0. The fourth-order valence-electron chi connectivity index (χ4n) is 2.23. The molecule has 4 heteroatoms. The number of hydrogen-bond donors (Lipinski definition) is 2. The van der Waals surface area contributed by atoms with Crippen LogP contribution in [-0.4, -0.2) is 16.1 Å². The Morgan fingerprint density at radius 1 is 1.25 bits per heavy atom. The van der Waals surface area contributed by atoms with Gasteiger partial charge in [0.15, 0.2) is 0 Å². The molecule has 1 aromatic heterocycles. The van der Waals surface area contributed by atoms with E-state index in [4.69, 9.17) is 0 Å². The van der Waals surface area contributed by atoms with E-state index in [9.17, 15) is 4.79 Å². The highest BCUT2D eigenvalue weighted by molar-refractivity contribution is 6.06. The van der Waals surface area contributed by atoms with Crippen molar-refractivity contribution in [3.63, 3.8) is 0 Å². The second-order valence-corrected chi connectivity index (χ2v) is 4.64. The van der Waals surface area contributed by atoms with E-state index >= 15 is 0 Å². The van der Waals surface area contributed by atoms with Crippen LogP contribution in [-0.2, 0) is 6.42 Å². The number of nitrogens with zero attached hydrogens (tertiary/aromatic N) is 1. The van der Waals surface area contributed by atoms with Crippen molar-refractivity contribution in [3.05, 3.63) is 59.8 Å². The lowest BCUT2D eigenvalue weighted by Gasteiger charge is -2.09. The summed E-state index contributed by atoms with van der Waals surface area (Å²) in [6.45, 7) is 2.07. The van der Waals surface area contributed by atoms with Crippen LogP contribution in [0.3, 0.4) is 0 Å². The summed E-state index contributed by atoms with van der Waals surface area (Å²) in [6.07, 6.45) is 2.60. The first-order valence-corrected chi connectivity index (χ1v) is 6.60. The molecule has 0 aliphatic carbocycles. The molecule has 2 N–H and O–H groups in total. The van der Waals surface area contributed by atoms with Crippen molar-refractivity contribution >= 4 is 22.5 Å². The number of aryl methyl sites for hydroxylation is 1. The van der Waals surface area contributed by atoms with Gasteiger partial charge in [-0.15, -0.1) is 0 Å². The third-order valence-electron chi connectivity index (χ3n) is 3.35. The van der Waals surface area contributed by atoms with Crippen molar-refractivity contribution in [1.29, 1.82) is 0 Å². The minimum atomic E-state index is -0.103. The summed E-state index contributed by atoms with van der Waals surface area (Å²) < 4.78 is 0. The maximum atomic E-state index is 12.3. The predicted molar refractivity (Wildman–Crippen MR) is 79.9 cm³/mol. The molecule has 20 heavy (non-hydrogen) atoms. The van der Waals surface area contributed by atoms with E-state index in [2.05, 4.69) is 22.4 Å². The minimum Gasteiger partial charge on any atom is -0.322 e. The van der Waals surface area contributed by atoms with Gasteiger partial charge in [0.1, 0.15) is 0 Å². The van der Waals surface area contributed by atoms with E-state index in [0.29, 0.717) is 5.56 Å². The van der Waals surface area contributed by atoms with Crippen LogP contribution in [0.4, 0.5) is 5.69 Å². The molecule has 0 atom stereocenters. The zero-order chi connectivity index (χ0) is 13.9. The number of benzene rings is 2. The summed E-state index contributed by atoms with van der Waals surface area (Å²) in [5.74, 6) is -0.103. The predicted octanol–water partition coefficient (Wildman–Crippen LogP) is 3.38. The fraction of sp³-hybridized carbons (Fsp3) is 0.125. The molecule has 0 radical (unpaired) electrons. The van der Waals surface area contributed by atoms with E-state index in [-0.39, 0.29) is 5.91 Å². The molecule has 3 aromatic rings. The van der Waals surface area contributed by atoms with Crippen LogP contribution in [0.15, 0.2) is 48.7 Å². The molecule has 0 fully saturated rings. The summed E-state index contributed by atoms with van der Waals surface area (Å²) in [4.78, 5) is 12.3. The molecule has 0 bridgehead atoms. The maximum absolute atomic E-state index is 12.3. The second-order valence-electron chi connectivity index (χ2n) is 4.64. The quantitative estimate of drug-likeness (QED) is 0.762. The highest BCUT2D eigenvalue weighted by Crippen LogP contribution is 2.18. The lowest BCUT2D eigenvalue weighted by atomic mass is 10.1. The van der Waals surface area contributed by atoms with Gasteiger partial charge in [0.05, 0.1) is 11.7 Å². The van der Waals surface area contributed by atoms with Crippen molar-refractivity contribution in [2.75, 3.05) is 5.32 Å². The first kappa shape index (κ1) is 12.4. The van der Waals surface area contributed by atoms with Gasteiger partial charge in [0, 0.05) is 16.6 Å². The Morgan fingerprint density at radius 3 is 2.95 bits per heavy atom. The number of amides is 1. The molecule has 1 heterocycles. The van der Waals surface area contributed by atoms with Crippen LogP contribution in [0.25, 0.3) is 10.9 Å². The van der Waals surface area contributed by atoms with E-state index in [1.165, 1.54) is 0 Å². The molecule has 0 spiro atoms. The van der Waals surface area contributed by atoms with Crippen molar-refractivity contribution < 1.29 is 4.79 Å². The van der Waals surface area contributed by atoms with E-state index in [0.717, 1.165) is 28.6 Å². The van der Waals surface area contributed by atoms with E-state index in [1.54, 1.807) is 12.3 Å². The van der Waals surface area contributed by atoms with Crippen LogP contribution >= 0.6 is 0 Å². The molecular weight excluding hydrogens is 250 g/mol. The van der Waals surface area contributed by atoms with Gasteiger partial charge >= 0.3 is 0 Å². The molecule has 0 aliphatic heterocycles. The Kier molecular flexibility index (Phi) is 3.21. The number of anilines is 1. The standard InChI is InChI=1S/C16H15N3O/c1-2-11-5-3-4-6-14(11)18-16(20)12-7-8-15-13(9-12)10-17-19-15/h3-10H,2H2,1H3,(H,17,19)(H,18,20). The fourth-order valence-corrected chi connectivity index (χ4v) is 2.23. The van der Waals surface area contributed by atoms with E-state index < -0.39 is 0 Å². The van der Waals surface area contributed by atoms with E-state index in [1.807, 2.05) is 36.4 Å². The third-order valence-corrected chi connectivity index (χ3v) is 3.35. The highest BCUT2D eigenvalue weighted by Gasteiger charge is 2.09. The van der Waals surface area contributed by atoms with Crippen molar-refractivity contribution in [2.45, 2.75) is 13.3 Å². The summed E-state index contributed by atoms with van der Waals surface area (Å²) in [5, 5.41) is 10.7. The van der Waals surface area contributed by atoms with Gasteiger partial charge in [-0.05, 0) is 36.2 Å². The molecule has 0 aliphatic rings. The van der Waals surface area contributed by atoms with Gasteiger partial charge < -0.3 is 5.32 Å². The molecule has 3 rings (SSSR count). The number of rotatable bonds is 3. The second kappa shape index (κ2) is 5.17. The zero-order valence-electron chi connectivity index (χ0n) is 11.2. The average Bonchev–Trinajstić information content (AvgIpc) is 2.95. The Balaban J connectivity index is 1.88. The lowest BCUT2D eigenvalue weighted by molar-refractivity contribution is 0.102. The highest BCUT2D eigenvalue weighted by atomic mass is 16.1. The number of H-pyrrole nitrogens is 1. The number of para-hydroxylation sites is 1. The number of aromatic amines is 1. The van der Waals surface area contributed by atoms with Crippen molar-refractivity contribution in [1.82, 2.24) is 10.2 Å². The Labute approximate surface area is 116 Å². The van der Waals surface area contributed by atoms with Gasteiger partial charge in [-0.2, -0.15) is 5.10 Å². The molecule has 4 nitrogen and oxygen atoms in total. The minimum absolute atomic E-state index is 0.103. The Hall–Kier alpha value is -2.62. The van der Waals surface area contributed by atoms with Crippen LogP contribution in [0.5, 0.6) is 0 Å². The lowest BCUT2D eigenvalue weighted by Crippen LogP contribution is -2.13. The van der Waals surface area contributed by atoms with Crippen LogP contribution < -0.4 is 5.32 Å². The summed E-state index contributed by atoms with van der Waals surface area (Å²) >= 11 is 0. The number of carbonyl (C=O) groups is 1. The monoisotopic (exact) mass is 265 g/mol. The molecule has 100 valence electrons. The summed E-state index contributed by atoms with van der Waals surface area (Å²) in [5.41, 5.74) is 3.55. The topological polar surface area (TPSA) is 57.8 Å². The summed E-state index contributed by atoms with van der Waals surface area (Å²) in [6, 6.07) is 13.3. The van der Waals surface area contributed by atoms with Gasteiger partial charge in [-0.25, -0.2) is 0 Å². The molecular formula is C16H15N3O. The normalized spacial score (nSPS) is 10.7. The van der Waals surface area contributed by atoms with Crippen LogP contribution in [0.1, 0.15) is 22.8 Å². The van der Waals surface area contributed by atoms with Gasteiger partial charge in [0.2, 0.25) is 0 Å². The first-order chi connectivity index (χ1) is 9.78. The molecule has 0 unspecified atom stereocenters. The molecule has 0 saturated carbocycles. The SMILES string of the molecule is CCc1ccccc1NC(=O)c1ccc2[nH]ncc2c1. The third kappa shape index (κ3) is 2.28. The number of hydrogen-bond acceptors (Lipinski definition) is 2. The first-order valence-electron chi connectivity index (χ1n) is 6.60. The van der Waals surface area contributed by atoms with Gasteiger partial charge in [0.25, 0.3) is 5.91 Å². The number of fused-ring (bicyclic) bond motifs is 1. The van der Waals surface area contributed by atoms with Crippen LogP contribution in [0, 0.1) is 0 Å². The zero-order valence-corrected chi connectivity index (χ0v) is 11.2. The Morgan fingerprint density at radius 2 is 2.10 bits per heavy atom. The Bertz CT molecular complexity index is 761. The molecule has 0 saturated heterocycles. The number of nitrogens with one attached hydrogen (secondary N) is 2. The van der Waals surface area contributed by atoms with Gasteiger partial charge in [-0.3, -0.25) is 9.89 Å².